The standard InChI is InChI=1S/C19H21N3O4S/c1-14(26-16-8-3-2-4-9-16)19(23)21-15-7-5-10-17(13-15)27(24,25)22-18-11-6-12-20-18/h2-5,7-10,13-14H,6,11-12H2,1H3,(H,20,22)(H,21,23)/t14-/m1/s1. The fourth-order valence-corrected chi connectivity index (χ4v) is 3.71. The van der Waals surface area contributed by atoms with Gasteiger partial charge in [0.25, 0.3) is 15.9 Å². The van der Waals surface area contributed by atoms with Crippen LogP contribution in [0, 0.1) is 0 Å². The summed E-state index contributed by atoms with van der Waals surface area (Å²) in [5.41, 5.74) is 0.375. The number of para-hydroxylation sites is 1. The molecule has 1 aliphatic rings. The van der Waals surface area contributed by atoms with Crippen molar-refractivity contribution in [3.8, 4) is 5.75 Å². The molecule has 1 amide bonds. The molecular weight excluding hydrogens is 366 g/mol. The van der Waals surface area contributed by atoms with E-state index >= 15 is 0 Å². The zero-order valence-electron chi connectivity index (χ0n) is 14.9. The largest absolute Gasteiger partial charge is 0.481 e. The van der Waals surface area contributed by atoms with E-state index in [1.165, 1.54) is 12.1 Å². The van der Waals surface area contributed by atoms with Crippen LogP contribution in [0.3, 0.4) is 0 Å². The Labute approximate surface area is 158 Å². The van der Waals surface area contributed by atoms with Crippen molar-refractivity contribution in [3.05, 3.63) is 54.6 Å². The molecule has 7 nitrogen and oxygen atoms in total. The lowest BCUT2D eigenvalue weighted by atomic mass is 10.3. The number of sulfonamides is 1. The monoisotopic (exact) mass is 387 g/mol. The highest BCUT2D eigenvalue weighted by atomic mass is 32.2. The number of amidine groups is 1. The number of nitrogens with zero attached hydrogens (tertiary/aromatic N) is 1. The van der Waals surface area contributed by atoms with Gasteiger partial charge in [-0.25, -0.2) is 8.42 Å². The van der Waals surface area contributed by atoms with Gasteiger partial charge < -0.3 is 10.1 Å². The highest BCUT2D eigenvalue weighted by Crippen LogP contribution is 2.17. The molecule has 0 bridgehead atoms. The lowest BCUT2D eigenvalue weighted by molar-refractivity contribution is -0.122. The van der Waals surface area contributed by atoms with E-state index in [9.17, 15) is 13.2 Å². The van der Waals surface area contributed by atoms with Gasteiger partial charge in [0.05, 0.1) is 4.90 Å². The van der Waals surface area contributed by atoms with E-state index in [0.717, 1.165) is 6.42 Å². The molecule has 0 spiro atoms. The first-order chi connectivity index (χ1) is 12.9. The molecule has 2 aromatic rings. The van der Waals surface area contributed by atoms with Crippen LogP contribution in [-0.2, 0) is 14.8 Å². The predicted molar refractivity (Wildman–Crippen MR) is 103 cm³/mol. The number of benzene rings is 2. The van der Waals surface area contributed by atoms with E-state index in [2.05, 4.69) is 15.0 Å². The number of rotatable bonds is 6. The molecule has 1 atom stereocenters. The third-order valence-corrected chi connectivity index (χ3v) is 5.34. The van der Waals surface area contributed by atoms with E-state index in [0.29, 0.717) is 30.2 Å². The van der Waals surface area contributed by atoms with Crippen molar-refractivity contribution in [1.29, 1.82) is 0 Å². The lowest BCUT2D eigenvalue weighted by Crippen LogP contribution is -2.31. The number of hydrogen-bond acceptors (Lipinski definition) is 5. The molecule has 8 heteroatoms. The van der Waals surface area contributed by atoms with Crippen LogP contribution in [0.4, 0.5) is 5.69 Å². The molecule has 0 saturated carbocycles. The van der Waals surface area contributed by atoms with Gasteiger partial charge >= 0.3 is 0 Å². The Balaban J connectivity index is 1.67. The van der Waals surface area contributed by atoms with Crippen LogP contribution in [0.5, 0.6) is 5.75 Å². The zero-order valence-corrected chi connectivity index (χ0v) is 15.7. The fourth-order valence-electron chi connectivity index (χ4n) is 2.58. The van der Waals surface area contributed by atoms with Crippen molar-refractivity contribution in [1.82, 2.24) is 4.72 Å². The van der Waals surface area contributed by atoms with Crippen LogP contribution in [-0.4, -0.2) is 32.8 Å². The summed E-state index contributed by atoms with van der Waals surface area (Å²) in [6, 6.07) is 15.1. The molecule has 0 radical (unpaired) electrons. The molecule has 1 aliphatic heterocycles. The van der Waals surface area contributed by atoms with Gasteiger partial charge in [0.15, 0.2) is 6.10 Å². The molecule has 27 heavy (non-hydrogen) atoms. The van der Waals surface area contributed by atoms with Crippen molar-refractivity contribution in [2.75, 3.05) is 11.9 Å². The SMILES string of the molecule is C[C@@H](Oc1ccccc1)C(=O)Nc1cccc(S(=O)(=O)NC2=NCCC2)c1. The summed E-state index contributed by atoms with van der Waals surface area (Å²) in [5.74, 6) is 0.675. The Hall–Kier alpha value is -2.87. The summed E-state index contributed by atoms with van der Waals surface area (Å²) in [4.78, 5) is 16.5. The molecule has 1 heterocycles. The first-order valence-electron chi connectivity index (χ1n) is 8.63. The zero-order chi connectivity index (χ0) is 19.3. The third-order valence-electron chi connectivity index (χ3n) is 3.96. The Bertz CT molecular complexity index is 942. The molecule has 3 rings (SSSR count). The Morgan fingerprint density at radius 1 is 1.15 bits per heavy atom. The molecular formula is C19H21N3O4S. The maximum absolute atomic E-state index is 12.5. The number of ether oxygens (including phenoxy) is 1. The third kappa shape index (κ3) is 5.07. The van der Waals surface area contributed by atoms with Crippen LogP contribution < -0.4 is 14.8 Å². The maximum atomic E-state index is 12.5. The number of nitrogens with one attached hydrogen (secondary N) is 2. The van der Waals surface area contributed by atoms with E-state index in [1.807, 2.05) is 18.2 Å². The minimum Gasteiger partial charge on any atom is -0.481 e. The summed E-state index contributed by atoms with van der Waals surface area (Å²) in [7, 11) is -3.73. The summed E-state index contributed by atoms with van der Waals surface area (Å²) >= 11 is 0. The van der Waals surface area contributed by atoms with Crippen molar-refractivity contribution in [2.45, 2.75) is 30.8 Å². The van der Waals surface area contributed by atoms with Crippen molar-refractivity contribution in [2.24, 2.45) is 4.99 Å². The van der Waals surface area contributed by atoms with Gasteiger partial charge in [0.2, 0.25) is 0 Å². The smallest absolute Gasteiger partial charge is 0.265 e. The number of carbonyl (C=O) groups is 1. The number of anilines is 1. The normalized spacial score (nSPS) is 14.9. The quantitative estimate of drug-likeness (QED) is 0.796. The van der Waals surface area contributed by atoms with Gasteiger partial charge in [-0.3, -0.25) is 14.5 Å². The van der Waals surface area contributed by atoms with E-state index < -0.39 is 16.1 Å². The van der Waals surface area contributed by atoms with Gasteiger partial charge in [-0.1, -0.05) is 24.3 Å². The molecule has 2 aromatic carbocycles. The molecule has 2 N–H and O–H groups in total. The fraction of sp³-hybridized carbons (Fsp3) is 0.263. The number of carbonyl (C=O) groups excluding carboxylic acids is 1. The van der Waals surface area contributed by atoms with Crippen LogP contribution in [0.2, 0.25) is 0 Å². The minimum absolute atomic E-state index is 0.0616. The summed E-state index contributed by atoms with van der Waals surface area (Å²) < 4.78 is 33.0. The molecule has 0 aromatic heterocycles. The molecule has 0 saturated heterocycles. The van der Waals surface area contributed by atoms with Crippen LogP contribution in [0.1, 0.15) is 19.8 Å². The van der Waals surface area contributed by atoms with Crippen LogP contribution in [0.15, 0.2) is 64.5 Å². The Morgan fingerprint density at radius 2 is 1.93 bits per heavy atom. The number of hydrogen-bond donors (Lipinski definition) is 2. The van der Waals surface area contributed by atoms with E-state index in [1.54, 1.807) is 31.2 Å². The second-order valence-corrected chi connectivity index (χ2v) is 7.81. The Morgan fingerprint density at radius 3 is 2.63 bits per heavy atom. The topological polar surface area (TPSA) is 96.9 Å². The van der Waals surface area contributed by atoms with Crippen molar-refractivity contribution in [3.63, 3.8) is 0 Å². The van der Waals surface area contributed by atoms with Gasteiger partial charge in [-0.2, -0.15) is 0 Å². The van der Waals surface area contributed by atoms with E-state index in [-0.39, 0.29) is 10.8 Å². The van der Waals surface area contributed by atoms with Crippen LogP contribution in [0.25, 0.3) is 0 Å². The van der Waals surface area contributed by atoms with E-state index in [4.69, 9.17) is 4.74 Å². The van der Waals surface area contributed by atoms with Gasteiger partial charge in [-0.15, -0.1) is 0 Å². The highest BCUT2D eigenvalue weighted by molar-refractivity contribution is 7.90. The first-order valence-corrected chi connectivity index (χ1v) is 10.1. The predicted octanol–water partition coefficient (Wildman–Crippen LogP) is 2.56. The van der Waals surface area contributed by atoms with Crippen molar-refractivity contribution < 1.29 is 17.9 Å². The summed E-state index contributed by atoms with van der Waals surface area (Å²) in [6.07, 6.45) is 0.718. The average molecular weight is 387 g/mol. The minimum atomic E-state index is -3.73. The summed E-state index contributed by atoms with van der Waals surface area (Å²) in [5, 5.41) is 2.68. The molecule has 142 valence electrons. The molecule has 0 fully saturated rings. The highest BCUT2D eigenvalue weighted by Gasteiger charge is 2.20. The maximum Gasteiger partial charge on any atom is 0.265 e. The van der Waals surface area contributed by atoms with Crippen molar-refractivity contribution >= 4 is 27.5 Å². The molecule has 0 aliphatic carbocycles. The first kappa shape index (κ1) is 18.9. The van der Waals surface area contributed by atoms with Gasteiger partial charge in [0.1, 0.15) is 11.6 Å². The molecule has 0 unspecified atom stereocenters. The number of amides is 1. The second-order valence-electron chi connectivity index (χ2n) is 6.13. The average Bonchev–Trinajstić information content (AvgIpc) is 3.15. The lowest BCUT2D eigenvalue weighted by Gasteiger charge is -2.15. The van der Waals surface area contributed by atoms with Crippen LogP contribution >= 0.6 is 0 Å². The second kappa shape index (κ2) is 8.22. The van der Waals surface area contributed by atoms with Gasteiger partial charge in [-0.05, 0) is 43.7 Å². The van der Waals surface area contributed by atoms with Gasteiger partial charge in [0, 0.05) is 18.7 Å². The summed E-state index contributed by atoms with van der Waals surface area (Å²) in [6.45, 7) is 2.26. The Kier molecular flexibility index (Phi) is 5.75. The number of aliphatic imine (C=N–C) groups is 1.